The first kappa shape index (κ1) is 16.5. The van der Waals surface area contributed by atoms with Crippen LogP contribution in [0.3, 0.4) is 0 Å². The molecule has 0 radical (unpaired) electrons. The molecule has 0 aliphatic carbocycles. The molecule has 0 fully saturated rings. The number of aryl methyl sites for hydroxylation is 3. The summed E-state index contributed by atoms with van der Waals surface area (Å²) >= 11 is 0. The van der Waals surface area contributed by atoms with Crippen LogP contribution >= 0.6 is 0 Å². The highest BCUT2D eigenvalue weighted by Crippen LogP contribution is 2.36. The fraction of sp³-hybridized carbons (Fsp3) is 0.250. The van der Waals surface area contributed by atoms with Crippen molar-refractivity contribution in [3.8, 4) is 0 Å². The molecule has 0 heteroatoms. The second kappa shape index (κ2) is 6.65. The summed E-state index contributed by atoms with van der Waals surface area (Å²) in [6.07, 6.45) is 1.00. The number of rotatable bonds is 4. The van der Waals surface area contributed by atoms with Crippen molar-refractivity contribution in [3.63, 3.8) is 0 Å². The highest BCUT2D eigenvalue weighted by atomic mass is 14.3. The summed E-state index contributed by atoms with van der Waals surface area (Å²) in [4.78, 5) is 0. The fourth-order valence-corrected chi connectivity index (χ4v) is 3.66. The van der Waals surface area contributed by atoms with Crippen molar-refractivity contribution in [3.05, 3.63) is 106 Å². The number of benzene rings is 3. The molecule has 1 atom stereocenters. The van der Waals surface area contributed by atoms with Gasteiger partial charge in [0.05, 0.1) is 0 Å². The van der Waals surface area contributed by atoms with Gasteiger partial charge in [0.25, 0.3) is 0 Å². The predicted octanol–water partition coefficient (Wildman–Crippen LogP) is 6.16. The molecule has 0 saturated heterocycles. The van der Waals surface area contributed by atoms with E-state index >= 15 is 0 Å². The second-order valence-electron chi connectivity index (χ2n) is 7.24. The molecule has 0 amide bonds. The lowest BCUT2D eigenvalue weighted by molar-refractivity contribution is 0.566. The predicted molar refractivity (Wildman–Crippen MR) is 104 cm³/mol. The Morgan fingerprint density at radius 2 is 1.25 bits per heavy atom. The van der Waals surface area contributed by atoms with Crippen molar-refractivity contribution in [1.82, 2.24) is 0 Å². The van der Waals surface area contributed by atoms with Gasteiger partial charge < -0.3 is 0 Å². The molecule has 24 heavy (non-hydrogen) atoms. The van der Waals surface area contributed by atoms with Crippen molar-refractivity contribution in [2.45, 2.75) is 39.5 Å². The first-order valence-corrected chi connectivity index (χ1v) is 8.67. The maximum Gasteiger partial charge on any atom is 0.0215 e. The molecule has 0 aliphatic rings. The zero-order valence-corrected chi connectivity index (χ0v) is 15.1. The quantitative estimate of drug-likeness (QED) is 0.541. The van der Waals surface area contributed by atoms with Crippen LogP contribution in [0.2, 0.25) is 0 Å². The summed E-state index contributed by atoms with van der Waals surface area (Å²) < 4.78 is 0. The van der Waals surface area contributed by atoms with Gasteiger partial charge in [-0.15, -0.1) is 0 Å². The largest absolute Gasteiger partial charge is 0.0622 e. The Morgan fingerprint density at radius 1 is 0.625 bits per heavy atom. The third-order valence-corrected chi connectivity index (χ3v) is 4.91. The minimum Gasteiger partial charge on any atom is -0.0622 e. The monoisotopic (exact) mass is 314 g/mol. The van der Waals surface area contributed by atoms with E-state index in [1.807, 2.05) is 0 Å². The lowest BCUT2D eigenvalue weighted by atomic mass is 9.71. The Labute approximate surface area is 146 Å². The molecule has 3 aromatic rings. The van der Waals surface area contributed by atoms with E-state index in [0.717, 1.165) is 6.42 Å². The zero-order valence-electron chi connectivity index (χ0n) is 15.1. The van der Waals surface area contributed by atoms with Crippen LogP contribution in [0.25, 0.3) is 0 Å². The van der Waals surface area contributed by atoms with Crippen LogP contribution in [0.15, 0.2) is 72.8 Å². The summed E-state index contributed by atoms with van der Waals surface area (Å²) in [5.74, 6) is 0. The molecule has 3 aromatic carbocycles. The van der Waals surface area contributed by atoms with Gasteiger partial charge in [-0.3, -0.25) is 0 Å². The summed E-state index contributed by atoms with van der Waals surface area (Å²) in [5.41, 5.74) is 8.10. The average Bonchev–Trinajstić information content (AvgIpc) is 2.55. The van der Waals surface area contributed by atoms with Crippen molar-refractivity contribution < 1.29 is 0 Å². The van der Waals surface area contributed by atoms with Gasteiger partial charge in [0, 0.05) is 5.41 Å². The van der Waals surface area contributed by atoms with Crippen molar-refractivity contribution in [1.29, 1.82) is 0 Å². The maximum atomic E-state index is 2.38. The molecule has 0 aromatic heterocycles. The normalized spacial score (nSPS) is 13.5. The van der Waals surface area contributed by atoms with Crippen LogP contribution in [0, 0.1) is 20.8 Å². The average molecular weight is 314 g/mol. The molecular formula is C24H26. The molecule has 0 N–H and O–H groups in total. The minimum atomic E-state index is -0.0375. The standard InChI is InChI=1S/C24H26/c1-18-9-8-12-22(14-18)24(4,17-21-10-6-5-7-11-21)23-15-19(2)13-20(3)16-23/h5-16H,17H2,1-4H3. The van der Waals surface area contributed by atoms with Crippen LogP contribution < -0.4 is 0 Å². The van der Waals surface area contributed by atoms with Crippen molar-refractivity contribution in [2.75, 3.05) is 0 Å². The zero-order chi connectivity index (χ0) is 17.2. The lowest BCUT2D eigenvalue weighted by Crippen LogP contribution is -2.27. The van der Waals surface area contributed by atoms with E-state index in [2.05, 4.69) is 100 Å². The highest BCUT2D eigenvalue weighted by molar-refractivity contribution is 5.44. The molecule has 0 nitrogen and oxygen atoms in total. The maximum absolute atomic E-state index is 2.38. The second-order valence-corrected chi connectivity index (χ2v) is 7.24. The van der Waals surface area contributed by atoms with E-state index in [-0.39, 0.29) is 5.41 Å². The fourth-order valence-electron chi connectivity index (χ4n) is 3.66. The molecule has 0 saturated carbocycles. The summed E-state index contributed by atoms with van der Waals surface area (Å²) in [6.45, 7) is 8.93. The Kier molecular flexibility index (Phi) is 4.57. The van der Waals surface area contributed by atoms with Gasteiger partial charge in [0.15, 0.2) is 0 Å². The van der Waals surface area contributed by atoms with E-state index < -0.39 is 0 Å². The van der Waals surface area contributed by atoms with Crippen LogP contribution in [0.4, 0.5) is 0 Å². The third kappa shape index (κ3) is 3.43. The first-order valence-electron chi connectivity index (χ1n) is 8.67. The van der Waals surface area contributed by atoms with Gasteiger partial charge in [0.2, 0.25) is 0 Å². The molecule has 122 valence electrons. The van der Waals surface area contributed by atoms with Crippen LogP contribution in [0.5, 0.6) is 0 Å². The molecule has 0 aliphatic heterocycles. The number of hydrogen-bond donors (Lipinski definition) is 0. The van der Waals surface area contributed by atoms with Gasteiger partial charge in [-0.1, -0.05) is 96.4 Å². The first-order chi connectivity index (χ1) is 11.5. The molecule has 1 unspecified atom stereocenters. The topological polar surface area (TPSA) is 0 Å². The Morgan fingerprint density at radius 3 is 1.88 bits per heavy atom. The van der Waals surface area contributed by atoms with Gasteiger partial charge >= 0.3 is 0 Å². The van der Waals surface area contributed by atoms with Crippen molar-refractivity contribution >= 4 is 0 Å². The van der Waals surface area contributed by atoms with Crippen LogP contribution in [0.1, 0.15) is 40.3 Å². The summed E-state index contributed by atoms with van der Waals surface area (Å²) in [5, 5.41) is 0. The van der Waals surface area contributed by atoms with Crippen LogP contribution in [-0.2, 0) is 11.8 Å². The lowest BCUT2D eigenvalue weighted by Gasteiger charge is -2.32. The number of hydrogen-bond acceptors (Lipinski definition) is 0. The highest BCUT2D eigenvalue weighted by Gasteiger charge is 2.29. The Hall–Kier alpha value is -2.34. The molecular weight excluding hydrogens is 288 g/mol. The molecule has 3 rings (SSSR count). The van der Waals surface area contributed by atoms with E-state index in [1.54, 1.807) is 0 Å². The molecule has 0 heterocycles. The Balaban J connectivity index is 2.16. The molecule has 0 bridgehead atoms. The minimum absolute atomic E-state index is 0.0375. The smallest absolute Gasteiger partial charge is 0.0215 e. The van der Waals surface area contributed by atoms with Gasteiger partial charge in [0.1, 0.15) is 0 Å². The van der Waals surface area contributed by atoms with Crippen molar-refractivity contribution in [2.24, 2.45) is 0 Å². The van der Waals surface area contributed by atoms with Gasteiger partial charge in [-0.25, -0.2) is 0 Å². The van der Waals surface area contributed by atoms with E-state index in [4.69, 9.17) is 0 Å². The van der Waals surface area contributed by atoms with Crippen LogP contribution in [-0.4, -0.2) is 0 Å². The summed E-state index contributed by atoms with van der Waals surface area (Å²) in [6, 6.07) is 26.7. The van der Waals surface area contributed by atoms with E-state index in [1.165, 1.54) is 33.4 Å². The van der Waals surface area contributed by atoms with Gasteiger partial charge in [-0.2, -0.15) is 0 Å². The molecule has 0 spiro atoms. The summed E-state index contributed by atoms with van der Waals surface area (Å²) in [7, 11) is 0. The SMILES string of the molecule is Cc1cccc(C(C)(Cc2ccccc2)c2cc(C)cc(C)c2)c1. The third-order valence-electron chi connectivity index (χ3n) is 4.91. The van der Waals surface area contributed by atoms with E-state index in [9.17, 15) is 0 Å². The van der Waals surface area contributed by atoms with Gasteiger partial charge in [-0.05, 0) is 43.9 Å². The van der Waals surface area contributed by atoms with E-state index in [0.29, 0.717) is 0 Å². The Bertz CT molecular complexity index is 809.